The van der Waals surface area contributed by atoms with Crippen molar-refractivity contribution in [3.8, 4) is 11.4 Å². The van der Waals surface area contributed by atoms with Crippen molar-refractivity contribution in [2.45, 2.75) is 103 Å². The summed E-state index contributed by atoms with van der Waals surface area (Å²) < 4.78 is 9.15. The van der Waals surface area contributed by atoms with Crippen molar-refractivity contribution in [3.63, 3.8) is 0 Å². The number of benzene rings is 2. The number of nitrogens with one attached hydrogen (secondary N) is 3. The Kier molecular flexibility index (Phi) is 13.3. The van der Waals surface area contributed by atoms with Gasteiger partial charge in [-0.2, -0.15) is 10.1 Å². The molecule has 3 amide bonds. The molecule has 3 N–H and O–H groups in total. The predicted molar refractivity (Wildman–Crippen MR) is 263 cm³/mol. The van der Waals surface area contributed by atoms with E-state index in [-0.39, 0.29) is 42.3 Å². The topological polar surface area (TPSA) is 201 Å². The van der Waals surface area contributed by atoms with E-state index in [0.717, 1.165) is 112 Å². The monoisotopic (exact) mass is 941 g/mol. The van der Waals surface area contributed by atoms with Crippen LogP contribution in [0.25, 0.3) is 16.5 Å². The second kappa shape index (κ2) is 19.9. The van der Waals surface area contributed by atoms with E-state index in [0.29, 0.717) is 39.9 Å². The molecule has 10 rings (SSSR count). The summed E-state index contributed by atoms with van der Waals surface area (Å²) in [6, 6.07) is 10.7. The van der Waals surface area contributed by atoms with Gasteiger partial charge in [0.2, 0.25) is 11.9 Å². The molecule has 4 aliphatic heterocycles. The molecule has 0 bridgehead atoms. The molecule has 1 aliphatic carbocycles. The molecule has 2 atom stereocenters. The number of hydrogen-bond acceptors (Lipinski definition) is 15. The van der Waals surface area contributed by atoms with E-state index in [1.807, 2.05) is 50.4 Å². The quantitative estimate of drug-likeness (QED) is 0.133. The lowest BCUT2D eigenvalue weighted by Gasteiger charge is -2.39. The highest BCUT2D eigenvalue weighted by Crippen LogP contribution is 2.41. The van der Waals surface area contributed by atoms with Gasteiger partial charge in [-0.15, -0.1) is 10.2 Å². The van der Waals surface area contributed by atoms with Crippen molar-refractivity contribution in [3.05, 3.63) is 75.9 Å². The maximum Gasteiger partial charge on any atom is 0.275 e. The zero-order chi connectivity index (χ0) is 47.8. The van der Waals surface area contributed by atoms with E-state index >= 15 is 0 Å². The third kappa shape index (κ3) is 9.50. The van der Waals surface area contributed by atoms with E-state index in [2.05, 4.69) is 62.3 Å². The smallest absolute Gasteiger partial charge is 0.275 e. The van der Waals surface area contributed by atoms with Crippen LogP contribution in [0.5, 0.6) is 5.75 Å². The summed E-state index contributed by atoms with van der Waals surface area (Å²) in [6.45, 7) is 14.3. The molecule has 364 valence electrons. The Labute approximate surface area is 402 Å². The number of rotatable bonds is 13. The highest BCUT2D eigenvalue weighted by molar-refractivity contribution is 5.99. The lowest BCUT2D eigenvalue weighted by atomic mass is 9.88. The number of fused-ring (bicyclic) bond motifs is 4. The number of carbonyl (C=O) groups is 3. The highest BCUT2D eigenvalue weighted by Gasteiger charge is 2.37. The number of aromatic nitrogens is 7. The first-order chi connectivity index (χ1) is 33.5. The minimum Gasteiger partial charge on any atom is -0.495 e. The summed E-state index contributed by atoms with van der Waals surface area (Å²) in [5.74, 6) is 3.29. The van der Waals surface area contributed by atoms with Crippen LogP contribution in [0.3, 0.4) is 0 Å². The Balaban J connectivity index is 0.704. The number of carbonyl (C=O) groups excluding carboxylic acids is 3. The maximum absolute atomic E-state index is 13.6. The zero-order valence-corrected chi connectivity index (χ0v) is 40.2. The lowest BCUT2D eigenvalue weighted by Crippen LogP contribution is -2.50. The van der Waals surface area contributed by atoms with Crippen LogP contribution in [0.1, 0.15) is 111 Å². The van der Waals surface area contributed by atoms with Gasteiger partial charge in [-0.3, -0.25) is 34.0 Å². The molecule has 7 heterocycles. The van der Waals surface area contributed by atoms with Gasteiger partial charge in [-0.1, -0.05) is 26.2 Å². The molecular weight excluding hydrogens is 877 g/mol. The van der Waals surface area contributed by atoms with Crippen LogP contribution in [-0.2, 0) is 9.59 Å². The van der Waals surface area contributed by atoms with Gasteiger partial charge in [0.1, 0.15) is 23.3 Å². The predicted octanol–water partition coefficient (Wildman–Crippen LogP) is 4.98. The van der Waals surface area contributed by atoms with Gasteiger partial charge in [0, 0.05) is 88.0 Å². The Hall–Kier alpha value is -6.47. The van der Waals surface area contributed by atoms with E-state index in [9.17, 15) is 19.2 Å². The second-order valence-corrected chi connectivity index (χ2v) is 19.4. The van der Waals surface area contributed by atoms with Crippen molar-refractivity contribution in [2.24, 2.45) is 5.92 Å². The molecule has 5 aromatic rings. The molecule has 0 spiro atoms. The number of imide groups is 1. The molecule has 5 aliphatic rings. The van der Waals surface area contributed by atoms with Gasteiger partial charge in [-0.25, -0.2) is 9.67 Å². The number of methoxy groups -OCH3 is 1. The first kappa shape index (κ1) is 46.3. The molecule has 69 heavy (non-hydrogen) atoms. The van der Waals surface area contributed by atoms with Crippen LogP contribution in [0.15, 0.2) is 47.4 Å². The van der Waals surface area contributed by atoms with Crippen LogP contribution < -0.4 is 36.0 Å². The average molecular weight is 941 g/mol. The van der Waals surface area contributed by atoms with E-state index in [1.165, 1.54) is 36.8 Å². The molecule has 1 unspecified atom stereocenters. The van der Waals surface area contributed by atoms with E-state index in [4.69, 9.17) is 14.7 Å². The minimum atomic E-state index is -0.792. The Morgan fingerprint density at radius 1 is 0.870 bits per heavy atom. The summed E-state index contributed by atoms with van der Waals surface area (Å²) >= 11 is 0. The normalized spacial score (nSPS) is 20.7. The number of piperazine rings is 1. The summed E-state index contributed by atoms with van der Waals surface area (Å²) in [5.41, 5.74) is 3.49. The van der Waals surface area contributed by atoms with Crippen LogP contribution in [0.4, 0.5) is 23.1 Å². The number of aryl methyl sites for hydroxylation is 2. The van der Waals surface area contributed by atoms with Gasteiger partial charge in [0.25, 0.3) is 17.4 Å². The summed E-state index contributed by atoms with van der Waals surface area (Å²) in [6.07, 6.45) is 11.2. The van der Waals surface area contributed by atoms with Gasteiger partial charge >= 0.3 is 0 Å². The van der Waals surface area contributed by atoms with Crippen LogP contribution in [-0.4, -0.2) is 134 Å². The fourth-order valence-corrected chi connectivity index (χ4v) is 11.1. The number of likely N-dealkylation sites (tertiary alicyclic amines) is 1. The zero-order valence-electron chi connectivity index (χ0n) is 40.2. The summed E-state index contributed by atoms with van der Waals surface area (Å²) in [4.78, 5) is 70.9. The van der Waals surface area contributed by atoms with Gasteiger partial charge in [0.05, 0.1) is 36.1 Å². The van der Waals surface area contributed by atoms with Crippen LogP contribution in [0.2, 0.25) is 0 Å². The molecule has 3 aromatic heterocycles. The number of piperidine rings is 2. The number of ether oxygens (including phenoxy) is 1. The fraction of sp³-hybridized carbons (Fsp3) is 0.540. The van der Waals surface area contributed by atoms with Crippen molar-refractivity contribution in [1.29, 1.82) is 0 Å². The van der Waals surface area contributed by atoms with Crippen molar-refractivity contribution in [1.82, 2.24) is 54.9 Å². The molecule has 3 saturated heterocycles. The van der Waals surface area contributed by atoms with E-state index < -0.39 is 11.9 Å². The SMILES string of the molecule is CC[C@H]1c2nnc(C)n2-c2cnc(Nc3ccc(C(=O)NC4CCN(CCN5CCN(c6ccc7c(=O)n(C8CCC(=O)NC8=O)nc(C)c7c6)CC5)CC4)cc3OC)nc2N1CC1CCCCC1. The lowest BCUT2D eigenvalue weighted by molar-refractivity contribution is -0.136. The maximum atomic E-state index is 13.6. The minimum absolute atomic E-state index is 0.0632. The molecule has 4 fully saturated rings. The summed E-state index contributed by atoms with van der Waals surface area (Å²) in [7, 11) is 1.61. The molecule has 2 aromatic carbocycles. The van der Waals surface area contributed by atoms with Crippen LogP contribution >= 0.6 is 0 Å². The Morgan fingerprint density at radius 3 is 2.38 bits per heavy atom. The van der Waals surface area contributed by atoms with Gasteiger partial charge in [-0.05, 0) is 94.7 Å². The standard InChI is InChI=1S/C50H64N14O5/c1-5-40-46-57-56-32(3)63(46)42-29-51-50(55-45(42)62(40)30-33-9-7-6-8-10-33)53-39-14-11-34(27-43(39)69-4)47(66)52-35-17-19-59(20-18-35)21-22-60-23-25-61(26-24-60)36-12-13-37-38(28-36)31(2)58-64(49(37)68)41-15-16-44(65)54-48(41)67/h11-14,27-29,33,35,40-41H,5-10,15-26,30H2,1-4H3,(H,52,66)(H,51,53,55)(H,54,65,67)/t40-,41?/m0/s1. The third-order valence-corrected chi connectivity index (χ3v) is 15.1. The third-order valence-electron chi connectivity index (χ3n) is 15.1. The first-order valence-electron chi connectivity index (χ1n) is 24.9. The van der Waals surface area contributed by atoms with Crippen molar-refractivity contribution >= 4 is 51.6 Å². The second-order valence-electron chi connectivity index (χ2n) is 19.4. The molecule has 1 saturated carbocycles. The fourth-order valence-electron chi connectivity index (χ4n) is 11.1. The first-order valence-corrected chi connectivity index (χ1v) is 24.9. The number of hydrogen-bond donors (Lipinski definition) is 3. The molecular formula is C50H64N14O5. The Bertz CT molecular complexity index is 2790. The van der Waals surface area contributed by atoms with Gasteiger partial charge < -0.3 is 30.1 Å². The highest BCUT2D eigenvalue weighted by atomic mass is 16.5. The molecule has 19 nitrogen and oxygen atoms in total. The largest absolute Gasteiger partial charge is 0.495 e. The molecule has 0 radical (unpaired) electrons. The molecule has 19 heteroatoms. The van der Waals surface area contributed by atoms with Crippen LogP contribution in [0, 0.1) is 19.8 Å². The Morgan fingerprint density at radius 2 is 1.64 bits per heavy atom. The van der Waals surface area contributed by atoms with Crippen molar-refractivity contribution in [2.75, 3.05) is 81.1 Å². The average Bonchev–Trinajstić information content (AvgIpc) is 3.76. The number of amides is 3. The number of nitrogens with zero attached hydrogens (tertiary/aromatic N) is 11. The number of anilines is 4. The summed E-state index contributed by atoms with van der Waals surface area (Å²) in [5, 5.41) is 23.9. The van der Waals surface area contributed by atoms with E-state index in [1.54, 1.807) is 13.2 Å². The van der Waals surface area contributed by atoms with Crippen molar-refractivity contribution < 1.29 is 19.1 Å². The van der Waals surface area contributed by atoms with Gasteiger partial charge in [0.15, 0.2) is 11.6 Å².